The van der Waals surface area contributed by atoms with Gasteiger partial charge in [0.1, 0.15) is 5.82 Å². The van der Waals surface area contributed by atoms with Gasteiger partial charge in [-0.15, -0.1) is 0 Å². The Labute approximate surface area is 130 Å². The highest BCUT2D eigenvalue weighted by atomic mass is 16.2. The molecule has 0 aromatic carbocycles. The van der Waals surface area contributed by atoms with Crippen LogP contribution in [0, 0.1) is 26.7 Å². The Balaban J connectivity index is 1.81. The Bertz CT molecular complexity index is 650. The first kappa shape index (κ1) is 16.0. The minimum absolute atomic E-state index is 0.234. The van der Waals surface area contributed by atoms with E-state index in [-0.39, 0.29) is 11.9 Å². The van der Waals surface area contributed by atoms with Crippen molar-refractivity contribution in [2.75, 3.05) is 11.9 Å². The van der Waals surface area contributed by atoms with E-state index in [9.17, 15) is 4.79 Å². The maximum atomic E-state index is 11.9. The molecule has 118 valence electrons. The molecule has 0 bridgehead atoms. The van der Waals surface area contributed by atoms with E-state index in [2.05, 4.69) is 33.7 Å². The second-order valence-corrected chi connectivity index (χ2v) is 5.72. The molecular weight excluding hydrogens is 278 g/mol. The number of anilines is 1. The summed E-state index contributed by atoms with van der Waals surface area (Å²) in [6.45, 7) is 9.38. The van der Waals surface area contributed by atoms with Crippen LogP contribution in [0.3, 0.4) is 0 Å². The fourth-order valence-corrected chi connectivity index (χ4v) is 2.25. The predicted molar refractivity (Wildman–Crippen MR) is 86.9 cm³/mol. The summed E-state index contributed by atoms with van der Waals surface area (Å²) >= 11 is 0. The van der Waals surface area contributed by atoms with Crippen molar-refractivity contribution in [2.45, 2.75) is 34.2 Å². The van der Waals surface area contributed by atoms with Gasteiger partial charge in [-0.25, -0.2) is 9.78 Å². The van der Waals surface area contributed by atoms with Gasteiger partial charge in [0.25, 0.3) is 0 Å². The molecule has 1 unspecified atom stereocenters. The minimum atomic E-state index is -0.234. The van der Waals surface area contributed by atoms with Crippen LogP contribution in [0.4, 0.5) is 10.6 Å². The predicted octanol–water partition coefficient (Wildman–Crippen LogP) is 2.66. The van der Waals surface area contributed by atoms with E-state index in [1.54, 1.807) is 6.20 Å². The van der Waals surface area contributed by atoms with Crippen molar-refractivity contribution in [1.82, 2.24) is 20.1 Å². The summed E-state index contributed by atoms with van der Waals surface area (Å²) in [5, 5.41) is 10.1. The summed E-state index contributed by atoms with van der Waals surface area (Å²) in [7, 11) is 0. The fourth-order valence-electron chi connectivity index (χ4n) is 2.25. The highest BCUT2D eigenvalue weighted by molar-refractivity contribution is 5.88. The molecular formula is C16H23N5O. The van der Waals surface area contributed by atoms with Crippen LogP contribution in [0.15, 0.2) is 24.4 Å². The third-order valence-corrected chi connectivity index (χ3v) is 3.44. The monoisotopic (exact) mass is 301 g/mol. The van der Waals surface area contributed by atoms with Gasteiger partial charge in [0.05, 0.1) is 5.69 Å². The van der Waals surface area contributed by atoms with E-state index in [0.717, 1.165) is 23.5 Å². The summed E-state index contributed by atoms with van der Waals surface area (Å²) in [6.07, 6.45) is 1.66. The maximum Gasteiger partial charge on any atom is 0.320 e. The van der Waals surface area contributed by atoms with E-state index in [0.29, 0.717) is 12.4 Å². The van der Waals surface area contributed by atoms with Crippen LogP contribution < -0.4 is 10.6 Å². The quantitative estimate of drug-likeness (QED) is 0.892. The number of nitrogens with one attached hydrogen (secondary N) is 2. The first-order chi connectivity index (χ1) is 10.5. The van der Waals surface area contributed by atoms with Crippen molar-refractivity contribution in [3.05, 3.63) is 41.3 Å². The number of pyridine rings is 1. The van der Waals surface area contributed by atoms with Crippen molar-refractivity contribution in [2.24, 2.45) is 5.92 Å². The lowest BCUT2D eigenvalue weighted by Gasteiger charge is -2.14. The lowest BCUT2D eigenvalue weighted by molar-refractivity contribution is 0.249. The standard InChI is InChI=1S/C16H23N5O/c1-11(10-21-14(4)8-13(3)20-21)9-18-16(22)19-15-12(2)6-5-7-17-15/h5-8,11H,9-10H2,1-4H3,(H2,17,18,19,22). The normalized spacial score (nSPS) is 12.0. The van der Waals surface area contributed by atoms with E-state index in [1.807, 2.05) is 37.6 Å². The van der Waals surface area contributed by atoms with Crippen LogP contribution in [0.1, 0.15) is 23.9 Å². The SMILES string of the molecule is Cc1cc(C)n(CC(C)CNC(=O)Nc2ncccc2C)n1. The Kier molecular flexibility index (Phi) is 5.14. The van der Waals surface area contributed by atoms with Gasteiger partial charge in [-0.1, -0.05) is 13.0 Å². The number of amides is 2. The minimum Gasteiger partial charge on any atom is -0.337 e. The molecule has 0 spiro atoms. The molecule has 0 aliphatic heterocycles. The summed E-state index contributed by atoms with van der Waals surface area (Å²) in [5.74, 6) is 0.875. The second kappa shape index (κ2) is 7.06. The molecule has 22 heavy (non-hydrogen) atoms. The van der Waals surface area contributed by atoms with Crippen LogP contribution in [0.5, 0.6) is 0 Å². The average molecular weight is 301 g/mol. The highest BCUT2D eigenvalue weighted by Gasteiger charge is 2.10. The molecule has 2 aromatic heterocycles. The molecule has 6 heteroatoms. The van der Waals surface area contributed by atoms with Gasteiger partial charge in [0.15, 0.2) is 0 Å². The van der Waals surface area contributed by atoms with Gasteiger partial charge in [-0.05, 0) is 44.4 Å². The lowest BCUT2D eigenvalue weighted by Crippen LogP contribution is -2.34. The zero-order valence-electron chi connectivity index (χ0n) is 13.6. The van der Waals surface area contributed by atoms with Crippen molar-refractivity contribution in [1.29, 1.82) is 0 Å². The van der Waals surface area contributed by atoms with Crippen LogP contribution in [0.2, 0.25) is 0 Å². The third kappa shape index (κ3) is 4.31. The number of hydrogen-bond acceptors (Lipinski definition) is 3. The van der Waals surface area contributed by atoms with Crippen molar-refractivity contribution in [3.8, 4) is 0 Å². The average Bonchev–Trinajstić information content (AvgIpc) is 2.77. The van der Waals surface area contributed by atoms with Crippen LogP contribution >= 0.6 is 0 Å². The molecule has 2 rings (SSSR count). The Morgan fingerprint density at radius 1 is 1.36 bits per heavy atom. The van der Waals surface area contributed by atoms with Crippen LogP contribution in [-0.2, 0) is 6.54 Å². The maximum absolute atomic E-state index is 11.9. The largest absolute Gasteiger partial charge is 0.337 e. The van der Waals surface area contributed by atoms with Gasteiger partial charge in [-0.3, -0.25) is 10.00 Å². The van der Waals surface area contributed by atoms with Gasteiger partial charge < -0.3 is 5.32 Å². The second-order valence-electron chi connectivity index (χ2n) is 5.72. The van der Waals surface area contributed by atoms with E-state index in [1.165, 1.54) is 0 Å². The molecule has 2 amide bonds. The van der Waals surface area contributed by atoms with Crippen molar-refractivity contribution in [3.63, 3.8) is 0 Å². The Hall–Kier alpha value is -2.37. The number of carbonyl (C=O) groups is 1. The molecule has 2 N–H and O–H groups in total. The lowest BCUT2D eigenvalue weighted by atomic mass is 10.2. The number of urea groups is 1. The summed E-state index contributed by atoms with van der Waals surface area (Å²) in [5.41, 5.74) is 3.09. The smallest absolute Gasteiger partial charge is 0.320 e. The molecule has 2 heterocycles. The number of rotatable bonds is 5. The fraction of sp³-hybridized carbons (Fsp3) is 0.438. The van der Waals surface area contributed by atoms with Crippen LogP contribution in [0.25, 0.3) is 0 Å². The third-order valence-electron chi connectivity index (χ3n) is 3.44. The van der Waals surface area contributed by atoms with E-state index >= 15 is 0 Å². The molecule has 0 radical (unpaired) electrons. The molecule has 0 aliphatic rings. The molecule has 6 nitrogen and oxygen atoms in total. The Morgan fingerprint density at radius 3 is 2.77 bits per heavy atom. The number of aromatic nitrogens is 3. The summed E-state index contributed by atoms with van der Waals surface area (Å²) < 4.78 is 1.97. The van der Waals surface area contributed by atoms with Gasteiger partial charge in [0, 0.05) is 25.0 Å². The first-order valence-corrected chi connectivity index (χ1v) is 7.43. The Morgan fingerprint density at radius 2 is 2.14 bits per heavy atom. The topological polar surface area (TPSA) is 71.8 Å². The number of aryl methyl sites for hydroxylation is 3. The molecule has 0 saturated heterocycles. The van der Waals surface area contributed by atoms with E-state index in [4.69, 9.17) is 0 Å². The molecule has 0 aliphatic carbocycles. The zero-order valence-corrected chi connectivity index (χ0v) is 13.6. The van der Waals surface area contributed by atoms with Gasteiger partial charge in [-0.2, -0.15) is 5.10 Å². The number of carbonyl (C=O) groups excluding carboxylic acids is 1. The number of hydrogen-bond donors (Lipinski definition) is 2. The van der Waals surface area contributed by atoms with Crippen molar-refractivity contribution >= 4 is 11.8 Å². The molecule has 0 saturated carbocycles. The molecule has 2 aromatic rings. The number of nitrogens with zero attached hydrogens (tertiary/aromatic N) is 3. The molecule has 1 atom stereocenters. The van der Waals surface area contributed by atoms with Crippen molar-refractivity contribution < 1.29 is 4.79 Å². The van der Waals surface area contributed by atoms with E-state index < -0.39 is 0 Å². The van der Waals surface area contributed by atoms with Crippen LogP contribution in [-0.4, -0.2) is 27.3 Å². The van der Waals surface area contributed by atoms with Gasteiger partial charge >= 0.3 is 6.03 Å². The van der Waals surface area contributed by atoms with Gasteiger partial charge in [0.2, 0.25) is 0 Å². The summed E-state index contributed by atoms with van der Waals surface area (Å²) in [4.78, 5) is 16.0. The zero-order chi connectivity index (χ0) is 16.1. The molecule has 0 fully saturated rings. The first-order valence-electron chi connectivity index (χ1n) is 7.43. The highest BCUT2D eigenvalue weighted by Crippen LogP contribution is 2.09. The summed E-state index contributed by atoms with van der Waals surface area (Å²) in [6, 6.07) is 5.57.